The molecule has 28 heavy (non-hydrogen) atoms. The zero-order valence-electron chi connectivity index (χ0n) is 18.1. The van der Waals surface area contributed by atoms with Gasteiger partial charge in [-0.2, -0.15) is 0 Å². The minimum absolute atomic E-state index is 0.00684. The lowest BCUT2D eigenvalue weighted by Crippen LogP contribution is -2.56. The second kappa shape index (κ2) is 7.61. The van der Waals surface area contributed by atoms with Gasteiger partial charge in [-0.25, -0.2) is 0 Å². The van der Waals surface area contributed by atoms with Crippen LogP contribution in [0.5, 0.6) is 11.5 Å². The van der Waals surface area contributed by atoms with Gasteiger partial charge in [-0.05, 0) is 59.6 Å². The summed E-state index contributed by atoms with van der Waals surface area (Å²) in [5, 5.41) is 34.8. The standard InChI is InChI=1S/C24H37NO3/c1-6-7-8-9-10-23(2,3)15-11-20(26)22(21(27)12-15)16-13-19(25-28)18-14-17(16)24(18,4)5/h11-12,16-18,26-28H,6-10,13-14H2,1-5H3/b25-19-/t16-,17-,18+/m0/s1. The Kier molecular flexibility index (Phi) is 5.71. The lowest BCUT2D eigenvalue weighted by Gasteiger charge is -2.60. The molecule has 2 bridgehead atoms. The number of aromatic hydroxyl groups is 2. The maximum Gasteiger partial charge on any atom is 0.123 e. The van der Waals surface area contributed by atoms with Crippen LogP contribution in [0, 0.1) is 17.3 Å². The van der Waals surface area contributed by atoms with Gasteiger partial charge in [-0.3, -0.25) is 0 Å². The van der Waals surface area contributed by atoms with Crippen LogP contribution in [-0.4, -0.2) is 21.1 Å². The molecule has 0 aromatic heterocycles. The van der Waals surface area contributed by atoms with Crippen LogP contribution in [0.1, 0.15) is 96.6 Å². The predicted octanol–water partition coefficient (Wildman–Crippen LogP) is 6.33. The molecule has 3 aliphatic rings. The number of hydrogen-bond acceptors (Lipinski definition) is 4. The number of rotatable bonds is 7. The van der Waals surface area contributed by atoms with E-state index in [0.29, 0.717) is 23.8 Å². The van der Waals surface area contributed by atoms with Gasteiger partial charge >= 0.3 is 0 Å². The van der Waals surface area contributed by atoms with Gasteiger partial charge in [0.2, 0.25) is 0 Å². The third-order valence-corrected chi connectivity index (χ3v) is 7.73. The van der Waals surface area contributed by atoms with Gasteiger partial charge in [-0.15, -0.1) is 0 Å². The summed E-state index contributed by atoms with van der Waals surface area (Å²) in [6.07, 6.45) is 7.44. The van der Waals surface area contributed by atoms with Gasteiger partial charge in [0.15, 0.2) is 0 Å². The molecule has 1 aromatic carbocycles. The van der Waals surface area contributed by atoms with Crippen molar-refractivity contribution in [2.24, 2.45) is 22.4 Å². The van der Waals surface area contributed by atoms with Gasteiger partial charge in [0, 0.05) is 11.5 Å². The summed E-state index contributed by atoms with van der Waals surface area (Å²) in [7, 11) is 0. The fourth-order valence-corrected chi connectivity index (χ4v) is 5.66. The van der Waals surface area contributed by atoms with Crippen LogP contribution in [0.4, 0.5) is 0 Å². The predicted molar refractivity (Wildman–Crippen MR) is 114 cm³/mol. The molecule has 156 valence electrons. The molecule has 3 saturated carbocycles. The number of benzene rings is 1. The number of fused-ring (bicyclic) bond motifs is 2. The highest BCUT2D eigenvalue weighted by atomic mass is 16.4. The molecular weight excluding hydrogens is 350 g/mol. The highest BCUT2D eigenvalue weighted by molar-refractivity contribution is 5.90. The van der Waals surface area contributed by atoms with E-state index in [1.165, 1.54) is 19.3 Å². The first kappa shape index (κ1) is 21.0. The Balaban J connectivity index is 1.86. The molecule has 0 aliphatic heterocycles. The van der Waals surface area contributed by atoms with Gasteiger partial charge in [0.05, 0.1) is 5.71 Å². The van der Waals surface area contributed by atoms with Crippen molar-refractivity contribution < 1.29 is 15.4 Å². The molecule has 1 aromatic rings. The van der Waals surface area contributed by atoms with Crippen molar-refractivity contribution >= 4 is 5.71 Å². The van der Waals surface area contributed by atoms with E-state index < -0.39 is 0 Å². The maximum absolute atomic E-state index is 10.9. The molecule has 0 amide bonds. The second-order valence-electron chi connectivity index (χ2n) is 10.2. The van der Waals surface area contributed by atoms with E-state index in [1.807, 2.05) is 12.1 Å². The molecule has 3 aliphatic carbocycles. The average Bonchev–Trinajstić information content (AvgIpc) is 2.64. The number of oxime groups is 1. The van der Waals surface area contributed by atoms with E-state index in [0.717, 1.165) is 30.5 Å². The van der Waals surface area contributed by atoms with E-state index in [2.05, 4.69) is 39.8 Å². The Morgan fingerprint density at radius 3 is 2.29 bits per heavy atom. The van der Waals surface area contributed by atoms with Crippen molar-refractivity contribution in [3.05, 3.63) is 23.3 Å². The van der Waals surface area contributed by atoms with E-state index in [-0.39, 0.29) is 28.2 Å². The van der Waals surface area contributed by atoms with Gasteiger partial charge < -0.3 is 15.4 Å². The Labute approximate surface area is 169 Å². The molecule has 4 nitrogen and oxygen atoms in total. The zero-order valence-corrected chi connectivity index (χ0v) is 18.1. The first-order valence-corrected chi connectivity index (χ1v) is 10.9. The molecule has 3 atom stereocenters. The molecule has 4 rings (SSSR count). The van der Waals surface area contributed by atoms with Crippen molar-refractivity contribution in [1.82, 2.24) is 0 Å². The van der Waals surface area contributed by atoms with E-state index in [1.54, 1.807) is 0 Å². The van der Waals surface area contributed by atoms with Gasteiger partial charge in [0.25, 0.3) is 0 Å². The van der Waals surface area contributed by atoms with Crippen molar-refractivity contribution in [3.63, 3.8) is 0 Å². The lowest BCUT2D eigenvalue weighted by molar-refractivity contribution is -0.0182. The quantitative estimate of drug-likeness (QED) is 0.291. The molecular formula is C24H37NO3. The maximum atomic E-state index is 10.9. The van der Waals surface area contributed by atoms with Crippen LogP contribution in [-0.2, 0) is 5.41 Å². The number of phenols is 2. The third-order valence-electron chi connectivity index (χ3n) is 7.73. The van der Waals surface area contributed by atoms with E-state index >= 15 is 0 Å². The van der Waals surface area contributed by atoms with Crippen molar-refractivity contribution in [2.75, 3.05) is 0 Å². The molecule has 0 heterocycles. The first-order chi connectivity index (χ1) is 13.1. The summed E-state index contributed by atoms with van der Waals surface area (Å²) in [5.41, 5.74) is 2.35. The van der Waals surface area contributed by atoms with Crippen LogP contribution in [0.2, 0.25) is 0 Å². The molecule has 0 unspecified atom stereocenters. The monoisotopic (exact) mass is 387 g/mol. The smallest absolute Gasteiger partial charge is 0.123 e. The fraction of sp³-hybridized carbons (Fsp3) is 0.708. The fourth-order valence-electron chi connectivity index (χ4n) is 5.66. The summed E-state index contributed by atoms with van der Waals surface area (Å²) < 4.78 is 0. The first-order valence-electron chi connectivity index (χ1n) is 10.9. The summed E-state index contributed by atoms with van der Waals surface area (Å²) >= 11 is 0. The van der Waals surface area contributed by atoms with Crippen LogP contribution < -0.4 is 0 Å². The number of unbranched alkanes of at least 4 members (excludes halogenated alkanes) is 3. The van der Waals surface area contributed by atoms with Crippen molar-refractivity contribution in [3.8, 4) is 11.5 Å². The Bertz CT molecular complexity index is 727. The Morgan fingerprint density at radius 2 is 1.75 bits per heavy atom. The molecule has 4 heteroatoms. The van der Waals surface area contributed by atoms with Crippen LogP contribution in [0.3, 0.4) is 0 Å². The summed E-state index contributed by atoms with van der Waals surface area (Å²) in [6, 6.07) is 3.70. The number of phenolic OH excluding ortho intramolecular Hbond substituents is 2. The number of nitrogens with zero attached hydrogens (tertiary/aromatic N) is 1. The molecule has 0 radical (unpaired) electrons. The highest BCUT2D eigenvalue weighted by Crippen LogP contribution is 2.64. The molecule has 3 N–H and O–H groups in total. The third kappa shape index (κ3) is 3.51. The molecule has 0 spiro atoms. The van der Waals surface area contributed by atoms with Gasteiger partial charge in [-0.1, -0.05) is 65.5 Å². The lowest BCUT2D eigenvalue weighted by atomic mass is 9.44. The minimum Gasteiger partial charge on any atom is -0.508 e. The Hall–Kier alpha value is -1.71. The van der Waals surface area contributed by atoms with Gasteiger partial charge in [0.1, 0.15) is 11.5 Å². The topological polar surface area (TPSA) is 73.1 Å². The second-order valence-corrected chi connectivity index (χ2v) is 10.2. The van der Waals surface area contributed by atoms with E-state index in [4.69, 9.17) is 0 Å². The normalized spacial score (nSPS) is 27.6. The van der Waals surface area contributed by atoms with Crippen molar-refractivity contribution in [2.45, 2.75) is 90.9 Å². The van der Waals surface area contributed by atoms with Crippen LogP contribution in [0.15, 0.2) is 17.3 Å². The van der Waals surface area contributed by atoms with Crippen LogP contribution in [0.25, 0.3) is 0 Å². The van der Waals surface area contributed by atoms with Crippen LogP contribution >= 0.6 is 0 Å². The Morgan fingerprint density at radius 1 is 1.11 bits per heavy atom. The summed E-state index contributed by atoms with van der Waals surface area (Å²) in [5.74, 6) is 1.05. The highest BCUT2D eigenvalue weighted by Gasteiger charge is 2.58. The zero-order chi connectivity index (χ0) is 20.7. The molecule has 3 fully saturated rings. The minimum atomic E-state index is -0.0909. The average molecular weight is 388 g/mol. The van der Waals surface area contributed by atoms with Crippen molar-refractivity contribution in [1.29, 1.82) is 0 Å². The summed E-state index contributed by atoms with van der Waals surface area (Å²) in [6.45, 7) is 11.0. The summed E-state index contributed by atoms with van der Waals surface area (Å²) in [4.78, 5) is 0. The number of hydrogen-bond donors (Lipinski definition) is 3. The largest absolute Gasteiger partial charge is 0.508 e. The van der Waals surface area contributed by atoms with E-state index in [9.17, 15) is 15.4 Å². The molecule has 0 saturated heterocycles. The SMILES string of the molecule is CCCCCCC(C)(C)c1cc(O)c([C@H]2C/C(=N/O)[C@H]3C[C@@H]2C3(C)C)c(O)c1.